The van der Waals surface area contributed by atoms with Crippen LogP contribution in [0.15, 0.2) is 42.5 Å². The first kappa shape index (κ1) is 16.7. The van der Waals surface area contributed by atoms with E-state index in [9.17, 15) is 13.2 Å². The van der Waals surface area contributed by atoms with Gasteiger partial charge >= 0.3 is 6.18 Å². The van der Waals surface area contributed by atoms with Crippen molar-refractivity contribution in [3.8, 4) is 11.1 Å². The van der Waals surface area contributed by atoms with Gasteiger partial charge < -0.3 is 4.84 Å². The predicted molar refractivity (Wildman–Crippen MR) is 90.9 cm³/mol. The van der Waals surface area contributed by atoms with Crippen molar-refractivity contribution in [1.29, 1.82) is 0 Å². The Labute approximate surface area is 146 Å². The lowest BCUT2D eigenvalue weighted by atomic mass is 9.85. The first-order valence-corrected chi connectivity index (χ1v) is 8.23. The molecule has 0 spiro atoms. The molecule has 2 nitrogen and oxygen atoms in total. The molecule has 1 saturated heterocycles. The third kappa shape index (κ3) is 3.39. The summed E-state index contributed by atoms with van der Waals surface area (Å²) in [6.45, 7) is 0.964. The molecule has 0 radical (unpaired) electrons. The molecule has 2 aromatic rings. The predicted octanol–water partition coefficient (Wildman–Crippen LogP) is 4.94. The molecule has 23 heavy (non-hydrogen) atoms. The SMILES string of the molecule is CON1CC(c2cccc(-c3ccc(I)cc3)c2C(F)(F)F)C1. The molecule has 122 valence electrons. The fraction of sp³-hybridized carbons (Fsp3) is 0.294. The van der Waals surface area contributed by atoms with Crippen LogP contribution in [-0.4, -0.2) is 25.3 Å². The van der Waals surface area contributed by atoms with Crippen molar-refractivity contribution in [2.45, 2.75) is 12.1 Å². The third-order valence-corrected chi connectivity index (χ3v) is 4.80. The van der Waals surface area contributed by atoms with Gasteiger partial charge in [0, 0.05) is 22.6 Å². The van der Waals surface area contributed by atoms with Crippen LogP contribution in [0, 0.1) is 3.57 Å². The van der Waals surface area contributed by atoms with E-state index >= 15 is 0 Å². The van der Waals surface area contributed by atoms with Gasteiger partial charge in [0.1, 0.15) is 0 Å². The number of benzene rings is 2. The zero-order valence-corrected chi connectivity index (χ0v) is 14.6. The van der Waals surface area contributed by atoms with E-state index in [0.717, 1.165) is 3.57 Å². The van der Waals surface area contributed by atoms with E-state index in [1.54, 1.807) is 35.4 Å². The van der Waals surface area contributed by atoms with Gasteiger partial charge in [-0.05, 0) is 51.4 Å². The van der Waals surface area contributed by atoms with Crippen LogP contribution in [0.2, 0.25) is 0 Å². The van der Waals surface area contributed by atoms with E-state index in [2.05, 4.69) is 22.6 Å². The van der Waals surface area contributed by atoms with Crippen LogP contribution in [0.25, 0.3) is 11.1 Å². The Bertz CT molecular complexity index is 694. The maximum Gasteiger partial charge on any atom is 0.417 e. The molecule has 0 N–H and O–H groups in total. The second-order valence-electron chi connectivity index (χ2n) is 5.50. The van der Waals surface area contributed by atoms with Gasteiger partial charge in [0.2, 0.25) is 0 Å². The van der Waals surface area contributed by atoms with Gasteiger partial charge in [0.15, 0.2) is 0 Å². The third-order valence-electron chi connectivity index (χ3n) is 4.08. The van der Waals surface area contributed by atoms with Crippen molar-refractivity contribution in [1.82, 2.24) is 5.06 Å². The Morgan fingerprint density at radius 2 is 1.74 bits per heavy atom. The van der Waals surface area contributed by atoms with E-state index in [1.807, 2.05) is 12.1 Å². The Morgan fingerprint density at radius 1 is 1.09 bits per heavy atom. The van der Waals surface area contributed by atoms with E-state index < -0.39 is 11.7 Å². The van der Waals surface area contributed by atoms with Gasteiger partial charge in [-0.25, -0.2) is 0 Å². The van der Waals surface area contributed by atoms with Gasteiger partial charge in [-0.1, -0.05) is 30.3 Å². The topological polar surface area (TPSA) is 12.5 Å². The van der Waals surface area contributed by atoms with Gasteiger partial charge in [-0.3, -0.25) is 0 Å². The molecule has 1 aliphatic rings. The highest BCUT2D eigenvalue weighted by molar-refractivity contribution is 14.1. The number of alkyl halides is 3. The zero-order chi connectivity index (χ0) is 16.6. The monoisotopic (exact) mass is 433 g/mol. The molecule has 0 saturated carbocycles. The Kier molecular flexibility index (Phi) is 4.66. The standard InChI is InChI=1S/C17H15F3INO/c1-23-22-9-12(10-22)15-4-2-3-14(16(15)17(18,19)20)11-5-7-13(21)8-6-11/h2-8,12H,9-10H2,1H3. The van der Waals surface area contributed by atoms with Gasteiger partial charge in [-0.2, -0.15) is 18.2 Å². The maximum absolute atomic E-state index is 13.7. The van der Waals surface area contributed by atoms with Crippen LogP contribution in [-0.2, 0) is 11.0 Å². The van der Waals surface area contributed by atoms with Gasteiger partial charge in [0.25, 0.3) is 0 Å². The second kappa shape index (κ2) is 6.41. The zero-order valence-electron chi connectivity index (χ0n) is 12.4. The molecule has 0 amide bonds. The molecule has 0 bridgehead atoms. The molecule has 3 rings (SSSR count). The molecule has 0 atom stereocenters. The minimum absolute atomic E-state index is 0.157. The van der Waals surface area contributed by atoms with Gasteiger partial charge in [-0.15, -0.1) is 0 Å². The molecular formula is C17H15F3INO. The number of nitrogens with zero attached hydrogens (tertiary/aromatic N) is 1. The van der Waals surface area contributed by atoms with Gasteiger partial charge in [0.05, 0.1) is 12.7 Å². The van der Waals surface area contributed by atoms with Crippen molar-refractivity contribution in [3.05, 3.63) is 57.2 Å². The highest BCUT2D eigenvalue weighted by atomic mass is 127. The molecule has 1 aliphatic heterocycles. The molecular weight excluding hydrogens is 418 g/mol. The van der Waals surface area contributed by atoms with Crippen molar-refractivity contribution < 1.29 is 18.0 Å². The maximum atomic E-state index is 13.7. The molecule has 1 fully saturated rings. The summed E-state index contributed by atoms with van der Waals surface area (Å²) in [5.74, 6) is -0.157. The van der Waals surface area contributed by atoms with Crippen molar-refractivity contribution >= 4 is 22.6 Å². The minimum Gasteiger partial charge on any atom is -0.302 e. The number of rotatable bonds is 3. The van der Waals surface area contributed by atoms with Crippen molar-refractivity contribution in [3.63, 3.8) is 0 Å². The van der Waals surface area contributed by atoms with Crippen LogP contribution in [0.5, 0.6) is 0 Å². The van der Waals surface area contributed by atoms with Crippen molar-refractivity contribution in [2.75, 3.05) is 20.2 Å². The molecule has 0 unspecified atom stereocenters. The van der Waals surface area contributed by atoms with Crippen LogP contribution in [0.3, 0.4) is 0 Å². The Morgan fingerprint density at radius 3 is 2.30 bits per heavy atom. The van der Waals surface area contributed by atoms with E-state index in [0.29, 0.717) is 24.2 Å². The minimum atomic E-state index is -4.39. The summed E-state index contributed by atoms with van der Waals surface area (Å²) in [7, 11) is 1.53. The average molecular weight is 433 g/mol. The lowest BCUT2D eigenvalue weighted by molar-refractivity contribution is -0.183. The van der Waals surface area contributed by atoms with Crippen LogP contribution in [0.1, 0.15) is 17.0 Å². The number of halogens is 4. The molecule has 0 aliphatic carbocycles. The quantitative estimate of drug-likeness (QED) is 0.637. The van der Waals surface area contributed by atoms with Crippen molar-refractivity contribution in [2.24, 2.45) is 0 Å². The van der Waals surface area contributed by atoms with E-state index in [4.69, 9.17) is 4.84 Å². The Hall–Kier alpha value is -1.12. The average Bonchev–Trinajstić information content (AvgIpc) is 2.45. The normalized spacial score (nSPS) is 16.4. The highest BCUT2D eigenvalue weighted by Gasteiger charge is 2.40. The summed E-state index contributed by atoms with van der Waals surface area (Å²) in [5.41, 5.74) is 0.647. The van der Waals surface area contributed by atoms with Crippen LogP contribution >= 0.6 is 22.6 Å². The fourth-order valence-corrected chi connectivity index (χ4v) is 3.24. The highest BCUT2D eigenvalue weighted by Crippen LogP contribution is 2.43. The summed E-state index contributed by atoms with van der Waals surface area (Å²) >= 11 is 2.14. The largest absolute Gasteiger partial charge is 0.417 e. The smallest absolute Gasteiger partial charge is 0.302 e. The molecule has 2 aromatic carbocycles. The van der Waals surface area contributed by atoms with Crippen LogP contribution < -0.4 is 0 Å². The Balaban J connectivity index is 2.08. The first-order chi connectivity index (χ1) is 10.9. The summed E-state index contributed by atoms with van der Waals surface area (Å²) < 4.78 is 42.2. The second-order valence-corrected chi connectivity index (χ2v) is 6.75. The lowest BCUT2D eigenvalue weighted by Gasteiger charge is -2.38. The summed E-state index contributed by atoms with van der Waals surface area (Å²) in [6, 6.07) is 11.9. The molecule has 0 aromatic heterocycles. The molecule has 6 heteroatoms. The fourth-order valence-electron chi connectivity index (χ4n) is 2.88. The van der Waals surface area contributed by atoms with Crippen LogP contribution in [0.4, 0.5) is 13.2 Å². The summed E-state index contributed by atoms with van der Waals surface area (Å²) in [5, 5.41) is 1.66. The van der Waals surface area contributed by atoms with E-state index in [1.165, 1.54) is 7.11 Å². The number of hydrogen-bond acceptors (Lipinski definition) is 2. The number of hydrogen-bond donors (Lipinski definition) is 0. The summed E-state index contributed by atoms with van der Waals surface area (Å²) in [4.78, 5) is 5.04. The lowest BCUT2D eigenvalue weighted by Crippen LogP contribution is -2.44. The summed E-state index contributed by atoms with van der Waals surface area (Å²) in [6.07, 6.45) is -4.39. The first-order valence-electron chi connectivity index (χ1n) is 7.15. The van der Waals surface area contributed by atoms with E-state index in [-0.39, 0.29) is 11.5 Å². The molecule has 1 heterocycles. The number of hydroxylamine groups is 2.